The van der Waals surface area contributed by atoms with Crippen LogP contribution in [0.2, 0.25) is 0 Å². The predicted octanol–water partition coefficient (Wildman–Crippen LogP) is 16.4. The van der Waals surface area contributed by atoms with Gasteiger partial charge in [-0.15, -0.1) is 0 Å². The molecule has 13 rings (SSSR count). The SMILES string of the molecule is c1ccc(-c2ccc(-c3ccc(N(c4ccccc4)c4ccc(-n5c6ccccc6c6cc7c(cc65)Sc5ccccc5C75c6ccccc6-c6ccccc65)cc4)cc3)cc2)cc1. The first kappa shape index (κ1) is 36.8. The molecule has 0 fully saturated rings. The summed E-state index contributed by atoms with van der Waals surface area (Å²) in [5.41, 5.74) is 19.3. The molecule has 0 radical (unpaired) electrons. The Morgan fingerprint density at radius 2 is 0.812 bits per heavy atom. The molecule has 0 N–H and O–H groups in total. The van der Waals surface area contributed by atoms with Gasteiger partial charge < -0.3 is 9.47 Å². The lowest BCUT2D eigenvalue weighted by Crippen LogP contribution is -2.31. The molecule has 0 bridgehead atoms. The van der Waals surface area contributed by atoms with Crippen molar-refractivity contribution in [3.05, 3.63) is 265 Å². The van der Waals surface area contributed by atoms with Gasteiger partial charge in [0.25, 0.3) is 0 Å². The Morgan fingerprint density at radius 3 is 1.47 bits per heavy atom. The van der Waals surface area contributed by atoms with Crippen molar-refractivity contribution in [3.8, 4) is 39.1 Å². The van der Waals surface area contributed by atoms with E-state index in [2.05, 4.69) is 252 Å². The quantitative estimate of drug-likeness (QED) is 0.165. The number of aromatic nitrogens is 1. The monoisotopic (exact) mass is 832 g/mol. The summed E-state index contributed by atoms with van der Waals surface area (Å²) in [5, 5.41) is 2.52. The normalized spacial score (nSPS) is 13.1. The Bertz CT molecular complexity index is 3510. The van der Waals surface area contributed by atoms with Crippen LogP contribution in [0.15, 0.2) is 252 Å². The summed E-state index contributed by atoms with van der Waals surface area (Å²) >= 11 is 1.90. The first-order valence-electron chi connectivity index (χ1n) is 22.0. The van der Waals surface area contributed by atoms with Crippen LogP contribution in [0.4, 0.5) is 17.1 Å². The summed E-state index contributed by atoms with van der Waals surface area (Å²) in [6.45, 7) is 0. The second-order valence-electron chi connectivity index (χ2n) is 16.8. The summed E-state index contributed by atoms with van der Waals surface area (Å²) in [7, 11) is 0. The van der Waals surface area contributed by atoms with Gasteiger partial charge in [0.1, 0.15) is 0 Å². The molecule has 64 heavy (non-hydrogen) atoms. The zero-order chi connectivity index (χ0) is 42.2. The Morgan fingerprint density at radius 1 is 0.328 bits per heavy atom. The van der Waals surface area contributed by atoms with Crippen molar-refractivity contribution in [3.63, 3.8) is 0 Å². The molecule has 300 valence electrons. The molecule has 1 spiro atoms. The van der Waals surface area contributed by atoms with E-state index in [9.17, 15) is 0 Å². The smallest absolute Gasteiger partial charge is 0.0735 e. The molecule has 0 saturated carbocycles. The van der Waals surface area contributed by atoms with Crippen LogP contribution >= 0.6 is 11.8 Å². The zero-order valence-corrected chi connectivity index (χ0v) is 35.7. The van der Waals surface area contributed by atoms with Crippen LogP contribution in [-0.4, -0.2) is 4.57 Å². The summed E-state index contributed by atoms with van der Waals surface area (Å²) in [4.78, 5) is 4.95. The van der Waals surface area contributed by atoms with Crippen molar-refractivity contribution in [2.45, 2.75) is 15.2 Å². The third-order valence-corrected chi connectivity index (χ3v) is 14.6. The van der Waals surface area contributed by atoms with Crippen LogP contribution in [0.1, 0.15) is 22.3 Å². The molecule has 11 aromatic rings. The molecular formula is C61H40N2S. The van der Waals surface area contributed by atoms with Crippen molar-refractivity contribution in [1.29, 1.82) is 0 Å². The highest BCUT2D eigenvalue weighted by Crippen LogP contribution is 2.62. The molecule has 0 unspecified atom stereocenters. The average molecular weight is 833 g/mol. The Balaban J connectivity index is 0.923. The van der Waals surface area contributed by atoms with Crippen LogP contribution < -0.4 is 4.90 Å². The van der Waals surface area contributed by atoms with E-state index in [1.54, 1.807) is 0 Å². The van der Waals surface area contributed by atoms with Gasteiger partial charge in [-0.1, -0.05) is 182 Å². The van der Waals surface area contributed by atoms with Gasteiger partial charge >= 0.3 is 0 Å². The van der Waals surface area contributed by atoms with Gasteiger partial charge in [-0.25, -0.2) is 0 Å². The maximum absolute atomic E-state index is 2.53. The highest BCUT2D eigenvalue weighted by Gasteiger charge is 2.50. The Labute approximate surface area is 377 Å². The summed E-state index contributed by atoms with van der Waals surface area (Å²) in [6.07, 6.45) is 0. The third-order valence-electron chi connectivity index (χ3n) is 13.5. The summed E-state index contributed by atoms with van der Waals surface area (Å²) < 4.78 is 2.46. The number of hydrogen-bond acceptors (Lipinski definition) is 2. The number of fused-ring (bicyclic) bond motifs is 12. The van der Waals surface area contributed by atoms with Crippen LogP contribution in [0.3, 0.4) is 0 Å². The predicted molar refractivity (Wildman–Crippen MR) is 268 cm³/mol. The molecule has 0 amide bonds. The minimum Gasteiger partial charge on any atom is -0.311 e. The minimum absolute atomic E-state index is 0.421. The van der Waals surface area contributed by atoms with Crippen molar-refractivity contribution in [2.24, 2.45) is 0 Å². The number of anilines is 3. The lowest BCUT2D eigenvalue weighted by molar-refractivity contribution is 0.724. The lowest BCUT2D eigenvalue weighted by Gasteiger charge is -2.39. The van der Waals surface area contributed by atoms with Crippen LogP contribution in [0.25, 0.3) is 60.9 Å². The van der Waals surface area contributed by atoms with E-state index in [0.717, 1.165) is 22.7 Å². The molecule has 1 aromatic heterocycles. The van der Waals surface area contributed by atoms with Crippen LogP contribution in [0.5, 0.6) is 0 Å². The van der Waals surface area contributed by atoms with Crippen molar-refractivity contribution >= 4 is 50.6 Å². The van der Waals surface area contributed by atoms with Crippen LogP contribution in [-0.2, 0) is 5.41 Å². The number of para-hydroxylation sites is 2. The van der Waals surface area contributed by atoms with E-state index in [4.69, 9.17) is 0 Å². The molecule has 3 heteroatoms. The van der Waals surface area contributed by atoms with Crippen molar-refractivity contribution in [2.75, 3.05) is 4.90 Å². The van der Waals surface area contributed by atoms with Crippen molar-refractivity contribution < 1.29 is 0 Å². The summed E-state index contributed by atoms with van der Waals surface area (Å²) in [6, 6.07) is 89.2. The molecule has 2 nitrogen and oxygen atoms in total. The maximum atomic E-state index is 2.53. The fourth-order valence-electron chi connectivity index (χ4n) is 10.7. The van der Waals surface area contributed by atoms with Gasteiger partial charge in [0, 0.05) is 43.3 Å². The third kappa shape index (κ3) is 5.54. The second kappa shape index (κ2) is 14.6. The van der Waals surface area contributed by atoms with E-state index in [-0.39, 0.29) is 0 Å². The fourth-order valence-corrected chi connectivity index (χ4v) is 11.9. The number of benzene rings is 10. The Hall–Kier alpha value is -7.85. The largest absolute Gasteiger partial charge is 0.311 e. The Kier molecular flexibility index (Phi) is 8.40. The average Bonchev–Trinajstić information content (AvgIpc) is 3.85. The van der Waals surface area contributed by atoms with Gasteiger partial charge in [-0.2, -0.15) is 0 Å². The fraction of sp³-hybridized carbons (Fsp3) is 0.0164. The first-order chi connectivity index (χ1) is 31.7. The van der Waals surface area contributed by atoms with E-state index in [1.165, 1.54) is 87.2 Å². The molecule has 0 saturated heterocycles. The zero-order valence-electron chi connectivity index (χ0n) is 34.9. The lowest BCUT2D eigenvalue weighted by atomic mass is 9.67. The topological polar surface area (TPSA) is 8.17 Å². The number of nitrogens with zero attached hydrogens (tertiary/aromatic N) is 2. The molecule has 2 heterocycles. The number of hydrogen-bond donors (Lipinski definition) is 0. The first-order valence-corrected chi connectivity index (χ1v) is 22.8. The molecule has 10 aromatic carbocycles. The van der Waals surface area contributed by atoms with Crippen molar-refractivity contribution in [1.82, 2.24) is 4.57 Å². The van der Waals surface area contributed by atoms with E-state index >= 15 is 0 Å². The molecule has 2 aliphatic rings. The van der Waals surface area contributed by atoms with E-state index < -0.39 is 5.41 Å². The molecule has 0 atom stereocenters. The minimum atomic E-state index is -0.421. The van der Waals surface area contributed by atoms with Crippen LogP contribution in [0, 0.1) is 0 Å². The van der Waals surface area contributed by atoms with E-state index in [1.807, 2.05) is 11.8 Å². The van der Waals surface area contributed by atoms with Gasteiger partial charge in [-0.3, -0.25) is 0 Å². The number of rotatable bonds is 6. The summed E-state index contributed by atoms with van der Waals surface area (Å²) in [5.74, 6) is 0. The molecule has 1 aliphatic carbocycles. The molecule has 1 aliphatic heterocycles. The highest BCUT2D eigenvalue weighted by molar-refractivity contribution is 7.99. The van der Waals surface area contributed by atoms with Gasteiger partial charge in [0.05, 0.1) is 16.4 Å². The van der Waals surface area contributed by atoms with E-state index in [0.29, 0.717) is 0 Å². The standard InChI is InChI=1S/C61H40N2S/c1-3-15-41(16-4-1)42-27-29-43(30-28-42)44-31-33-46(34-32-44)62(45-17-5-2-6-18-45)47-35-37-48(38-36-47)63-57-25-13-9-21-51(57)52-39-56-60(40-58(52)63)64-59-26-14-12-24-55(59)61(56)53-22-10-7-19-49(53)50-20-8-11-23-54(50)61/h1-40H. The van der Waals surface area contributed by atoms with Gasteiger partial charge in [0.2, 0.25) is 0 Å². The van der Waals surface area contributed by atoms with Gasteiger partial charge in [0.15, 0.2) is 0 Å². The highest BCUT2D eigenvalue weighted by atomic mass is 32.2. The second-order valence-corrected chi connectivity index (χ2v) is 17.9. The maximum Gasteiger partial charge on any atom is 0.0735 e. The molecular weight excluding hydrogens is 793 g/mol. The van der Waals surface area contributed by atoms with Gasteiger partial charge in [-0.05, 0) is 128 Å².